The van der Waals surface area contributed by atoms with Crippen LogP contribution in [0.1, 0.15) is 44.3 Å². The first-order valence-electron chi connectivity index (χ1n) is 6.56. The summed E-state index contributed by atoms with van der Waals surface area (Å²) in [7, 11) is 0. The van der Waals surface area contributed by atoms with E-state index in [0.29, 0.717) is 17.8 Å². The van der Waals surface area contributed by atoms with Gasteiger partial charge in [-0.3, -0.25) is 9.59 Å². The molecule has 0 unspecified atom stereocenters. The van der Waals surface area contributed by atoms with Gasteiger partial charge in [0.25, 0.3) is 0 Å². The topological polar surface area (TPSA) is 93.5 Å². The van der Waals surface area contributed by atoms with Gasteiger partial charge >= 0.3 is 0 Å². The molecule has 20 heavy (non-hydrogen) atoms. The Morgan fingerprint density at radius 2 is 2.05 bits per heavy atom. The molecule has 0 aliphatic heterocycles. The van der Waals surface area contributed by atoms with Gasteiger partial charge < -0.3 is 10.2 Å². The van der Waals surface area contributed by atoms with Crippen LogP contribution in [0.4, 0.5) is 5.13 Å². The molecule has 1 heterocycles. The predicted molar refractivity (Wildman–Crippen MR) is 74.8 cm³/mol. The Hall–Kier alpha value is -1.83. The summed E-state index contributed by atoms with van der Waals surface area (Å²) >= 11 is 0.984. The van der Waals surface area contributed by atoms with Gasteiger partial charge in [0.05, 0.1) is 0 Å². The number of anilines is 1. The van der Waals surface area contributed by atoms with E-state index in [4.69, 9.17) is 4.84 Å². The molecule has 1 aromatic heterocycles. The van der Waals surface area contributed by atoms with Gasteiger partial charge in [0.1, 0.15) is 6.10 Å². The summed E-state index contributed by atoms with van der Waals surface area (Å²) in [6.07, 6.45) is 7.72. The Balaban J connectivity index is 2.00. The molecule has 0 spiro atoms. The molecule has 0 atom stereocenters. The Morgan fingerprint density at radius 1 is 1.30 bits per heavy atom. The molecular weight excluding hydrogens is 280 g/mol. The molecule has 1 amide bonds. The van der Waals surface area contributed by atoms with Gasteiger partial charge in [-0.25, -0.2) is 0 Å². The fraction of sp³-hybridized carbons (Fsp3) is 0.583. The van der Waals surface area contributed by atoms with Crippen LogP contribution in [0.25, 0.3) is 0 Å². The number of nitrogens with one attached hydrogen (secondary N) is 1. The zero-order chi connectivity index (χ0) is 14.2. The smallest absolute Gasteiger partial charge is 0.213 e. The van der Waals surface area contributed by atoms with Crippen molar-refractivity contribution in [1.29, 1.82) is 0 Å². The van der Waals surface area contributed by atoms with Gasteiger partial charge in [-0.2, -0.15) is 9.36 Å². The van der Waals surface area contributed by atoms with E-state index in [1.165, 1.54) is 12.8 Å². The number of oxime groups is 1. The molecule has 0 radical (unpaired) electrons. The van der Waals surface area contributed by atoms with Crippen LogP contribution < -0.4 is 5.32 Å². The largest absolute Gasteiger partial charge is 0.392 e. The molecule has 108 valence electrons. The first-order chi connectivity index (χ1) is 9.83. The normalized spacial score (nSPS) is 17.3. The van der Waals surface area contributed by atoms with Crippen molar-refractivity contribution in [2.24, 2.45) is 5.16 Å². The van der Waals surface area contributed by atoms with Crippen LogP contribution in [0.5, 0.6) is 0 Å². The molecule has 0 aromatic carbocycles. The molecule has 1 aliphatic carbocycles. The standard InChI is InChI=1S/C12H16N4O3S/c17-7-10(11-14-12(13-8-18)20-16-11)15-19-9-5-3-1-2-4-6-9/h7-9H,1-6H2,(H,13,14,16,18). The molecule has 1 N–H and O–H groups in total. The minimum atomic E-state index is 0.0458. The number of aromatic nitrogens is 2. The zero-order valence-corrected chi connectivity index (χ0v) is 11.8. The summed E-state index contributed by atoms with van der Waals surface area (Å²) in [5.74, 6) is 0.169. The van der Waals surface area contributed by atoms with E-state index in [0.717, 1.165) is 37.2 Å². The summed E-state index contributed by atoms with van der Waals surface area (Å²) in [6.45, 7) is 0. The van der Waals surface area contributed by atoms with Crippen molar-refractivity contribution in [3.05, 3.63) is 5.82 Å². The molecule has 0 saturated heterocycles. The van der Waals surface area contributed by atoms with Gasteiger partial charge in [-0.15, -0.1) is 0 Å². The number of amides is 1. The van der Waals surface area contributed by atoms with E-state index in [1.54, 1.807) is 0 Å². The van der Waals surface area contributed by atoms with Crippen LogP contribution in [0.2, 0.25) is 0 Å². The minimum absolute atomic E-state index is 0.0458. The van der Waals surface area contributed by atoms with Gasteiger partial charge in [0.15, 0.2) is 17.8 Å². The Morgan fingerprint density at radius 3 is 2.70 bits per heavy atom. The van der Waals surface area contributed by atoms with Crippen molar-refractivity contribution in [3.63, 3.8) is 0 Å². The number of aldehydes is 1. The summed E-state index contributed by atoms with van der Waals surface area (Å²) in [6, 6.07) is 0. The van der Waals surface area contributed by atoms with Crippen LogP contribution in [0, 0.1) is 0 Å². The van der Waals surface area contributed by atoms with Crippen LogP contribution in [-0.2, 0) is 14.4 Å². The second kappa shape index (κ2) is 7.68. The van der Waals surface area contributed by atoms with E-state index < -0.39 is 0 Å². The van der Waals surface area contributed by atoms with Crippen molar-refractivity contribution >= 4 is 35.1 Å². The summed E-state index contributed by atoms with van der Waals surface area (Å²) < 4.78 is 3.96. The molecular formula is C12H16N4O3S. The molecule has 1 saturated carbocycles. The summed E-state index contributed by atoms with van der Waals surface area (Å²) in [5, 5.41) is 6.56. The highest BCUT2D eigenvalue weighted by Crippen LogP contribution is 2.20. The van der Waals surface area contributed by atoms with E-state index in [-0.39, 0.29) is 17.6 Å². The first-order valence-corrected chi connectivity index (χ1v) is 7.34. The lowest BCUT2D eigenvalue weighted by molar-refractivity contribution is -0.105. The molecule has 2 rings (SSSR count). The van der Waals surface area contributed by atoms with Crippen molar-refractivity contribution in [1.82, 2.24) is 9.36 Å². The first kappa shape index (κ1) is 14.6. The third kappa shape index (κ3) is 4.09. The average molecular weight is 296 g/mol. The van der Waals surface area contributed by atoms with Crippen LogP contribution in [0.3, 0.4) is 0 Å². The SMILES string of the molecule is O=CNc1nc(C(C=O)=NOC2CCCCCC2)ns1. The quantitative estimate of drug-likeness (QED) is 0.373. The maximum absolute atomic E-state index is 11.0. The van der Waals surface area contributed by atoms with E-state index in [1.807, 2.05) is 0 Å². The fourth-order valence-electron chi connectivity index (χ4n) is 2.03. The highest BCUT2D eigenvalue weighted by Gasteiger charge is 2.15. The fourth-order valence-corrected chi connectivity index (χ4v) is 2.57. The van der Waals surface area contributed by atoms with Gasteiger partial charge in [0.2, 0.25) is 11.5 Å². The van der Waals surface area contributed by atoms with Gasteiger partial charge in [0, 0.05) is 11.5 Å². The lowest BCUT2D eigenvalue weighted by Gasteiger charge is -2.11. The van der Waals surface area contributed by atoms with Gasteiger partial charge in [-0.1, -0.05) is 18.0 Å². The van der Waals surface area contributed by atoms with Gasteiger partial charge in [-0.05, 0) is 25.7 Å². The zero-order valence-electron chi connectivity index (χ0n) is 10.9. The maximum Gasteiger partial charge on any atom is 0.213 e. The van der Waals surface area contributed by atoms with E-state index >= 15 is 0 Å². The molecule has 1 fully saturated rings. The van der Waals surface area contributed by atoms with Crippen molar-refractivity contribution in [2.75, 3.05) is 5.32 Å². The number of hydrogen-bond acceptors (Lipinski definition) is 7. The van der Waals surface area contributed by atoms with Crippen molar-refractivity contribution in [2.45, 2.75) is 44.6 Å². The maximum atomic E-state index is 11.0. The Bertz CT molecular complexity index is 481. The van der Waals surface area contributed by atoms with Crippen LogP contribution in [-0.4, -0.2) is 33.9 Å². The third-order valence-corrected chi connectivity index (χ3v) is 3.70. The monoisotopic (exact) mass is 296 g/mol. The van der Waals surface area contributed by atoms with Crippen LogP contribution >= 0.6 is 11.5 Å². The highest BCUT2D eigenvalue weighted by atomic mass is 32.1. The van der Waals surface area contributed by atoms with Crippen molar-refractivity contribution < 1.29 is 14.4 Å². The average Bonchev–Trinajstić information content (AvgIpc) is 2.75. The lowest BCUT2D eigenvalue weighted by atomic mass is 10.2. The van der Waals surface area contributed by atoms with Crippen LogP contribution in [0.15, 0.2) is 5.16 Å². The predicted octanol–water partition coefficient (Wildman–Crippen LogP) is 1.75. The Labute approximate surface area is 120 Å². The van der Waals surface area contributed by atoms with Crippen molar-refractivity contribution in [3.8, 4) is 0 Å². The molecule has 1 aromatic rings. The second-order valence-corrected chi connectivity index (χ2v) is 5.25. The van der Waals surface area contributed by atoms with E-state index in [2.05, 4.69) is 19.8 Å². The number of nitrogens with zero attached hydrogens (tertiary/aromatic N) is 3. The third-order valence-electron chi connectivity index (χ3n) is 3.05. The number of hydrogen-bond donors (Lipinski definition) is 1. The number of carbonyl (C=O) groups excluding carboxylic acids is 2. The second-order valence-electron chi connectivity index (χ2n) is 4.50. The minimum Gasteiger partial charge on any atom is -0.392 e. The molecule has 1 aliphatic rings. The summed E-state index contributed by atoms with van der Waals surface area (Å²) in [4.78, 5) is 30.7. The summed E-state index contributed by atoms with van der Waals surface area (Å²) in [5.41, 5.74) is 0.0458. The molecule has 7 nitrogen and oxygen atoms in total. The Kier molecular flexibility index (Phi) is 5.60. The molecule has 0 bridgehead atoms. The number of carbonyl (C=O) groups is 2. The lowest BCUT2D eigenvalue weighted by Crippen LogP contribution is -2.12. The number of rotatable bonds is 6. The highest BCUT2D eigenvalue weighted by molar-refractivity contribution is 7.10. The van der Waals surface area contributed by atoms with E-state index in [9.17, 15) is 9.59 Å². The molecule has 8 heteroatoms.